The zero-order chi connectivity index (χ0) is 30.4. The number of hydrogen-bond donors (Lipinski definition) is 2. The van der Waals surface area contributed by atoms with E-state index >= 15 is 0 Å². The first-order valence-electron chi connectivity index (χ1n) is 13.2. The minimum Gasteiger partial charge on any atom is -0.494 e. The van der Waals surface area contributed by atoms with Crippen LogP contribution in [-0.4, -0.2) is 43.6 Å². The maximum atomic E-state index is 13.3. The molecular weight excluding hydrogens is 606 g/mol. The van der Waals surface area contributed by atoms with Crippen LogP contribution in [0.3, 0.4) is 0 Å². The van der Waals surface area contributed by atoms with Crippen molar-refractivity contribution >= 4 is 57.1 Å². The van der Waals surface area contributed by atoms with Gasteiger partial charge in [-0.25, -0.2) is 9.69 Å². The molecule has 0 saturated carbocycles. The maximum absolute atomic E-state index is 13.3. The van der Waals surface area contributed by atoms with Crippen molar-refractivity contribution in [3.8, 4) is 17.2 Å². The Morgan fingerprint density at radius 2 is 1.67 bits per heavy atom. The van der Waals surface area contributed by atoms with E-state index < -0.39 is 17.8 Å². The van der Waals surface area contributed by atoms with E-state index in [0.717, 1.165) is 16.0 Å². The number of urea groups is 1. The van der Waals surface area contributed by atoms with E-state index in [1.807, 2.05) is 39.0 Å². The molecule has 3 aromatic rings. The maximum Gasteiger partial charge on any atom is 0.335 e. The monoisotopic (exact) mass is 635 g/mol. The fourth-order valence-corrected chi connectivity index (χ4v) is 4.84. The molecule has 0 aromatic heterocycles. The number of aryl methyl sites for hydroxylation is 2. The summed E-state index contributed by atoms with van der Waals surface area (Å²) in [5, 5.41) is 5.04. The first-order chi connectivity index (χ1) is 20.1. The molecule has 0 atom stereocenters. The SMILES string of the molecule is CCOc1ccc(N2C(=O)NC(=O)/C(=C\c3cc(Br)c(OCC(=O)Nc4ccc(C)cc4C)c(OCC)c3)C2=O)cc1. The third-order valence-corrected chi connectivity index (χ3v) is 6.74. The molecule has 0 bridgehead atoms. The molecule has 1 saturated heterocycles. The van der Waals surface area contributed by atoms with Gasteiger partial charge in [0.15, 0.2) is 18.1 Å². The first-order valence-corrected chi connectivity index (χ1v) is 14.0. The summed E-state index contributed by atoms with van der Waals surface area (Å²) in [7, 11) is 0. The van der Waals surface area contributed by atoms with Gasteiger partial charge in [-0.05, 0) is 103 Å². The van der Waals surface area contributed by atoms with Crippen LogP contribution in [0.4, 0.5) is 16.2 Å². The van der Waals surface area contributed by atoms with Crippen LogP contribution in [-0.2, 0) is 14.4 Å². The Morgan fingerprint density at radius 3 is 2.33 bits per heavy atom. The summed E-state index contributed by atoms with van der Waals surface area (Å²) in [6, 6.07) is 14.4. The van der Waals surface area contributed by atoms with Crippen molar-refractivity contribution in [3.05, 3.63) is 81.3 Å². The van der Waals surface area contributed by atoms with Gasteiger partial charge in [0.2, 0.25) is 0 Å². The smallest absolute Gasteiger partial charge is 0.335 e. The predicted octanol–water partition coefficient (Wildman–Crippen LogP) is 5.55. The molecule has 0 radical (unpaired) electrons. The van der Waals surface area contributed by atoms with Crippen LogP contribution in [0, 0.1) is 13.8 Å². The fourth-order valence-electron chi connectivity index (χ4n) is 4.27. The highest BCUT2D eigenvalue weighted by Gasteiger charge is 2.37. The number of rotatable bonds is 10. The van der Waals surface area contributed by atoms with Crippen LogP contribution in [0.2, 0.25) is 0 Å². The summed E-state index contributed by atoms with van der Waals surface area (Å²) < 4.78 is 17.4. The van der Waals surface area contributed by atoms with Gasteiger partial charge in [0.25, 0.3) is 17.7 Å². The number of nitrogens with zero attached hydrogens (tertiary/aromatic N) is 1. The van der Waals surface area contributed by atoms with Crippen LogP contribution in [0.25, 0.3) is 6.08 Å². The minimum absolute atomic E-state index is 0.251. The van der Waals surface area contributed by atoms with Gasteiger partial charge in [0.1, 0.15) is 11.3 Å². The number of halogens is 1. The largest absolute Gasteiger partial charge is 0.494 e. The topological polar surface area (TPSA) is 123 Å². The molecule has 0 aliphatic carbocycles. The fraction of sp³-hybridized carbons (Fsp3) is 0.226. The van der Waals surface area contributed by atoms with Crippen molar-refractivity contribution in [1.82, 2.24) is 5.32 Å². The first kappa shape index (κ1) is 30.3. The molecule has 3 aromatic carbocycles. The quantitative estimate of drug-likeness (QED) is 0.221. The molecule has 2 N–H and O–H groups in total. The Hall–Kier alpha value is -4.64. The number of barbiturate groups is 1. The molecule has 1 fully saturated rings. The van der Waals surface area contributed by atoms with Crippen LogP contribution in [0.15, 0.2) is 64.6 Å². The van der Waals surface area contributed by atoms with Crippen LogP contribution >= 0.6 is 15.9 Å². The average molecular weight is 636 g/mol. The van der Waals surface area contributed by atoms with E-state index in [1.165, 1.54) is 6.08 Å². The van der Waals surface area contributed by atoms with Gasteiger partial charge in [0, 0.05) is 5.69 Å². The number of imide groups is 2. The lowest BCUT2D eigenvalue weighted by Crippen LogP contribution is -2.54. The van der Waals surface area contributed by atoms with Gasteiger partial charge < -0.3 is 19.5 Å². The van der Waals surface area contributed by atoms with Gasteiger partial charge >= 0.3 is 6.03 Å². The van der Waals surface area contributed by atoms with E-state index in [2.05, 4.69) is 26.6 Å². The lowest BCUT2D eigenvalue weighted by atomic mass is 10.1. The molecule has 218 valence electrons. The number of hydrogen-bond acceptors (Lipinski definition) is 7. The Balaban J connectivity index is 1.56. The van der Waals surface area contributed by atoms with E-state index in [9.17, 15) is 19.2 Å². The third kappa shape index (κ3) is 6.98. The lowest BCUT2D eigenvalue weighted by Gasteiger charge is -2.26. The van der Waals surface area contributed by atoms with Crippen molar-refractivity contribution < 1.29 is 33.4 Å². The van der Waals surface area contributed by atoms with Gasteiger partial charge in [0.05, 0.1) is 23.4 Å². The molecule has 1 heterocycles. The van der Waals surface area contributed by atoms with Crippen LogP contribution in [0.5, 0.6) is 17.2 Å². The summed E-state index contributed by atoms with van der Waals surface area (Å²) in [6.07, 6.45) is 1.36. The number of carbonyl (C=O) groups is 4. The standard InChI is InChI=1S/C31H30BrN3O7/c1-5-40-22-10-8-21(9-11-22)35-30(38)23(29(37)34-31(35)39)14-20-15-24(32)28(26(16-20)41-6-2)42-17-27(36)33-25-12-7-18(3)13-19(25)4/h7-16H,5-6,17H2,1-4H3,(H,33,36)(H,34,37,39)/b23-14+. The van der Waals surface area contributed by atoms with Crippen molar-refractivity contribution in [2.24, 2.45) is 0 Å². The number of amides is 5. The molecule has 1 aliphatic rings. The van der Waals surface area contributed by atoms with Gasteiger partial charge in [-0.1, -0.05) is 17.7 Å². The number of anilines is 2. The second-order valence-electron chi connectivity index (χ2n) is 9.30. The van der Waals surface area contributed by atoms with Crippen molar-refractivity contribution in [3.63, 3.8) is 0 Å². The van der Waals surface area contributed by atoms with E-state index in [4.69, 9.17) is 14.2 Å². The van der Waals surface area contributed by atoms with Gasteiger partial charge in [-0.15, -0.1) is 0 Å². The third-order valence-electron chi connectivity index (χ3n) is 6.15. The van der Waals surface area contributed by atoms with E-state index in [0.29, 0.717) is 33.8 Å². The van der Waals surface area contributed by atoms with Crippen molar-refractivity contribution in [2.75, 3.05) is 30.0 Å². The predicted molar refractivity (Wildman–Crippen MR) is 162 cm³/mol. The number of benzene rings is 3. The molecule has 5 amide bonds. The highest BCUT2D eigenvalue weighted by Crippen LogP contribution is 2.38. The lowest BCUT2D eigenvalue weighted by molar-refractivity contribution is -0.122. The molecule has 1 aliphatic heterocycles. The molecule has 4 rings (SSSR count). The summed E-state index contributed by atoms with van der Waals surface area (Å²) in [5.74, 6) is -0.820. The summed E-state index contributed by atoms with van der Waals surface area (Å²) in [6.45, 7) is 7.98. The Labute approximate surface area is 251 Å². The molecular formula is C31H30BrN3O7. The molecule has 0 spiro atoms. The molecule has 42 heavy (non-hydrogen) atoms. The second-order valence-corrected chi connectivity index (χ2v) is 10.2. The summed E-state index contributed by atoms with van der Waals surface area (Å²) in [4.78, 5) is 52.1. The Kier molecular flexibility index (Phi) is 9.64. The Bertz CT molecular complexity index is 1570. The van der Waals surface area contributed by atoms with Crippen LogP contribution < -0.4 is 29.7 Å². The highest BCUT2D eigenvalue weighted by molar-refractivity contribution is 9.10. The summed E-state index contributed by atoms with van der Waals surface area (Å²) in [5.41, 5.74) is 3.16. The second kappa shape index (κ2) is 13.3. The minimum atomic E-state index is -0.856. The zero-order valence-electron chi connectivity index (χ0n) is 23.6. The highest BCUT2D eigenvalue weighted by atomic mass is 79.9. The molecule has 10 nitrogen and oxygen atoms in total. The average Bonchev–Trinajstić information content (AvgIpc) is 2.93. The van der Waals surface area contributed by atoms with Gasteiger partial charge in [-0.2, -0.15) is 0 Å². The molecule has 11 heteroatoms. The Morgan fingerprint density at radius 1 is 0.952 bits per heavy atom. The number of nitrogens with one attached hydrogen (secondary N) is 2. The number of carbonyl (C=O) groups excluding carboxylic acids is 4. The number of ether oxygens (including phenoxy) is 3. The van der Waals surface area contributed by atoms with E-state index in [1.54, 1.807) is 43.3 Å². The van der Waals surface area contributed by atoms with E-state index in [-0.39, 0.29) is 36.1 Å². The van der Waals surface area contributed by atoms with Crippen molar-refractivity contribution in [1.29, 1.82) is 0 Å². The van der Waals surface area contributed by atoms with Crippen molar-refractivity contribution in [2.45, 2.75) is 27.7 Å². The summed E-state index contributed by atoms with van der Waals surface area (Å²) >= 11 is 3.45. The van der Waals surface area contributed by atoms with Gasteiger partial charge in [-0.3, -0.25) is 19.7 Å². The normalized spacial score (nSPS) is 14.1. The molecule has 0 unspecified atom stereocenters. The zero-order valence-corrected chi connectivity index (χ0v) is 25.2. The van der Waals surface area contributed by atoms with Crippen LogP contribution in [0.1, 0.15) is 30.5 Å².